The smallest absolute Gasteiger partial charge is 0.225 e. The zero-order chi connectivity index (χ0) is 13.8. The molecule has 2 amide bonds. The predicted molar refractivity (Wildman–Crippen MR) is 78.2 cm³/mol. The Morgan fingerprint density at radius 3 is 2.16 bits per heavy atom. The van der Waals surface area contributed by atoms with E-state index in [4.69, 9.17) is 0 Å². The lowest BCUT2D eigenvalue weighted by molar-refractivity contribution is -0.129. The number of carbonyl (C=O) groups excluding carboxylic acids is 2. The highest BCUT2D eigenvalue weighted by Crippen LogP contribution is 2.15. The molecule has 1 atom stereocenters. The van der Waals surface area contributed by atoms with Gasteiger partial charge in [-0.25, -0.2) is 0 Å². The van der Waals surface area contributed by atoms with Gasteiger partial charge < -0.3 is 16.0 Å². The fourth-order valence-electron chi connectivity index (χ4n) is 1.67. The first kappa shape index (κ1) is 18.2. The molecule has 1 heterocycles. The minimum absolute atomic E-state index is 0. The normalized spacial score (nSPS) is 16.8. The maximum Gasteiger partial charge on any atom is 0.225 e. The Hall–Kier alpha value is -0.810. The Morgan fingerprint density at radius 1 is 1.21 bits per heavy atom. The molecule has 1 unspecified atom stereocenters. The summed E-state index contributed by atoms with van der Waals surface area (Å²) in [6, 6.07) is 0. The van der Waals surface area contributed by atoms with E-state index in [0.29, 0.717) is 19.0 Å². The van der Waals surface area contributed by atoms with E-state index in [9.17, 15) is 9.59 Å². The average Bonchev–Trinajstić information content (AvgIpc) is 2.19. The van der Waals surface area contributed by atoms with Crippen LogP contribution in [0, 0.1) is 17.3 Å². The Kier molecular flexibility index (Phi) is 7.37. The second-order valence-electron chi connectivity index (χ2n) is 6.00. The minimum atomic E-state index is -0.380. The molecule has 0 aromatic carbocycles. The quantitative estimate of drug-likeness (QED) is 0.648. The van der Waals surface area contributed by atoms with E-state index in [1.807, 2.05) is 27.7 Å². The second kappa shape index (κ2) is 7.70. The molecule has 0 aromatic rings. The van der Waals surface area contributed by atoms with Gasteiger partial charge in [-0.15, -0.1) is 12.4 Å². The molecule has 0 radical (unpaired) electrons. The Bertz CT molecular complexity index is 312. The summed E-state index contributed by atoms with van der Waals surface area (Å²) in [5.74, 6) is 0.582. The number of rotatable bonds is 5. The minimum Gasteiger partial charge on any atom is -0.354 e. The number of hydrogen-bond acceptors (Lipinski definition) is 3. The van der Waals surface area contributed by atoms with Gasteiger partial charge in [0.25, 0.3) is 0 Å². The summed E-state index contributed by atoms with van der Waals surface area (Å²) in [6.45, 7) is 10.4. The van der Waals surface area contributed by atoms with Crippen molar-refractivity contribution < 1.29 is 9.59 Å². The van der Waals surface area contributed by atoms with Crippen LogP contribution < -0.4 is 16.0 Å². The first-order valence-electron chi connectivity index (χ1n) is 6.59. The third-order valence-electron chi connectivity index (χ3n) is 3.32. The van der Waals surface area contributed by atoms with E-state index in [0.717, 1.165) is 13.1 Å². The van der Waals surface area contributed by atoms with E-state index in [-0.39, 0.29) is 35.6 Å². The molecule has 0 spiro atoms. The van der Waals surface area contributed by atoms with Gasteiger partial charge in [0.05, 0.1) is 0 Å². The lowest BCUT2D eigenvalue weighted by Crippen LogP contribution is -2.50. The van der Waals surface area contributed by atoms with Gasteiger partial charge in [0, 0.05) is 24.4 Å². The second-order valence-corrected chi connectivity index (χ2v) is 6.00. The molecule has 1 aliphatic rings. The van der Waals surface area contributed by atoms with E-state index in [1.165, 1.54) is 0 Å². The summed E-state index contributed by atoms with van der Waals surface area (Å²) in [5.41, 5.74) is -0.380. The maximum atomic E-state index is 11.8. The summed E-state index contributed by atoms with van der Waals surface area (Å²) in [7, 11) is 0. The molecule has 6 heteroatoms. The standard InChI is InChI=1S/C13H25N3O2.ClH/c1-9(10-7-14-8-10)11(17)15-5-6-16-12(18)13(2,3)4;/h9-10,14H,5-8H2,1-4H3,(H,15,17)(H,16,18);1H. The molecule has 1 saturated heterocycles. The van der Waals surface area contributed by atoms with E-state index in [1.54, 1.807) is 0 Å². The van der Waals surface area contributed by atoms with Crippen molar-refractivity contribution in [2.75, 3.05) is 26.2 Å². The maximum absolute atomic E-state index is 11.8. The number of halogens is 1. The summed E-state index contributed by atoms with van der Waals surface area (Å²) in [4.78, 5) is 23.3. The lowest BCUT2D eigenvalue weighted by Gasteiger charge is -2.31. The first-order valence-corrected chi connectivity index (χ1v) is 6.59. The highest BCUT2D eigenvalue weighted by Gasteiger charge is 2.28. The molecule has 112 valence electrons. The summed E-state index contributed by atoms with van der Waals surface area (Å²) in [6.07, 6.45) is 0. The molecular weight excluding hydrogens is 266 g/mol. The van der Waals surface area contributed by atoms with Crippen molar-refractivity contribution in [1.29, 1.82) is 0 Å². The molecule has 1 rings (SSSR count). The van der Waals surface area contributed by atoms with Gasteiger partial charge in [0.2, 0.25) is 11.8 Å². The molecule has 1 aliphatic heterocycles. The van der Waals surface area contributed by atoms with Crippen LogP contribution >= 0.6 is 12.4 Å². The highest BCUT2D eigenvalue weighted by atomic mass is 35.5. The van der Waals surface area contributed by atoms with Crippen LogP contribution in [0.4, 0.5) is 0 Å². The number of amides is 2. The summed E-state index contributed by atoms with van der Waals surface area (Å²) in [5, 5.41) is 8.82. The van der Waals surface area contributed by atoms with Gasteiger partial charge in [0.1, 0.15) is 0 Å². The van der Waals surface area contributed by atoms with Crippen molar-refractivity contribution in [3.63, 3.8) is 0 Å². The molecule has 0 saturated carbocycles. The van der Waals surface area contributed by atoms with Crippen LogP contribution in [-0.4, -0.2) is 38.0 Å². The Morgan fingerprint density at radius 2 is 1.74 bits per heavy atom. The van der Waals surface area contributed by atoms with Crippen LogP contribution in [-0.2, 0) is 9.59 Å². The van der Waals surface area contributed by atoms with Crippen LogP contribution in [0.15, 0.2) is 0 Å². The summed E-state index contributed by atoms with van der Waals surface area (Å²) < 4.78 is 0. The zero-order valence-corrected chi connectivity index (χ0v) is 13.0. The number of carbonyl (C=O) groups is 2. The average molecular weight is 292 g/mol. The zero-order valence-electron chi connectivity index (χ0n) is 12.2. The molecule has 0 aromatic heterocycles. The third kappa shape index (κ3) is 5.78. The largest absolute Gasteiger partial charge is 0.354 e. The molecule has 1 fully saturated rings. The lowest BCUT2D eigenvalue weighted by atomic mass is 9.88. The molecule has 19 heavy (non-hydrogen) atoms. The fourth-order valence-corrected chi connectivity index (χ4v) is 1.67. The molecule has 0 bridgehead atoms. The van der Waals surface area contributed by atoms with Crippen molar-refractivity contribution in [3.8, 4) is 0 Å². The van der Waals surface area contributed by atoms with Crippen LogP contribution in [0.1, 0.15) is 27.7 Å². The fraction of sp³-hybridized carbons (Fsp3) is 0.846. The SMILES string of the molecule is CC(C(=O)NCCNC(=O)C(C)(C)C)C1CNC1.Cl. The monoisotopic (exact) mass is 291 g/mol. The van der Waals surface area contributed by atoms with Gasteiger partial charge in [0.15, 0.2) is 0 Å². The Labute approximate surface area is 121 Å². The van der Waals surface area contributed by atoms with Crippen LogP contribution in [0.25, 0.3) is 0 Å². The van der Waals surface area contributed by atoms with Gasteiger partial charge >= 0.3 is 0 Å². The van der Waals surface area contributed by atoms with Crippen molar-refractivity contribution >= 4 is 24.2 Å². The van der Waals surface area contributed by atoms with E-state index < -0.39 is 0 Å². The van der Waals surface area contributed by atoms with Crippen molar-refractivity contribution in [1.82, 2.24) is 16.0 Å². The van der Waals surface area contributed by atoms with Gasteiger partial charge in [-0.05, 0) is 19.0 Å². The molecule has 5 nitrogen and oxygen atoms in total. The van der Waals surface area contributed by atoms with Gasteiger partial charge in [-0.1, -0.05) is 27.7 Å². The van der Waals surface area contributed by atoms with Crippen LogP contribution in [0.5, 0.6) is 0 Å². The summed E-state index contributed by atoms with van der Waals surface area (Å²) >= 11 is 0. The number of nitrogens with one attached hydrogen (secondary N) is 3. The van der Waals surface area contributed by atoms with E-state index in [2.05, 4.69) is 16.0 Å². The molecule has 0 aliphatic carbocycles. The van der Waals surface area contributed by atoms with Crippen LogP contribution in [0.2, 0.25) is 0 Å². The van der Waals surface area contributed by atoms with Crippen LogP contribution in [0.3, 0.4) is 0 Å². The van der Waals surface area contributed by atoms with Gasteiger partial charge in [-0.2, -0.15) is 0 Å². The van der Waals surface area contributed by atoms with Gasteiger partial charge in [-0.3, -0.25) is 9.59 Å². The predicted octanol–water partition coefficient (Wildman–Crippen LogP) is 0.542. The van der Waals surface area contributed by atoms with Crippen molar-refractivity contribution in [2.45, 2.75) is 27.7 Å². The third-order valence-corrected chi connectivity index (χ3v) is 3.32. The van der Waals surface area contributed by atoms with Crippen molar-refractivity contribution in [2.24, 2.45) is 17.3 Å². The highest BCUT2D eigenvalue weighted by molar-refractivity contribution is 5.85. The van der Waals surface area contributed by atoms with Crippen molar-refractivity contribution in [3.05, 3.63) is 0 Å². The number of hydrogen-bond donors (Lipinski definition) is 3. The Balaban J connectivity index is 0.00000324. The molecule has 3 N–H and O–H groups in total. The molecular formula is C13H26ClN3O2. The van der Waals surface area contributed by atoms with E-state index >= 15 is 0 Å². The first-order chi connectivity index (χ1) is 8.32. The topological polar surface area (TPSA) is 70.2 Å².